The molecule has 0 bridgehead atoms. The third-order valence-electron chi connectivity index (χ3n) is 2.50. The lowest BCUT2D eigenvalue weighted by Gasteiger charge is -2.13. The van der Waals surface area contributed by atoms with E-state index in [1.807, 2.05) is 13.8 Å². The Bertz CT molecular complexity index is 422. The molecule has 0 heterocycles. The van der Waals surface area contributed by atoms with Gasteiger partial charge in [0.05, 0.1) is 0 Å². The summed E-state index contributed by atoms with van der Waals surface area (Å²) in [5, 5.41) is 2.71. The summed E-state index contributed by atoms with van der Waals surface area (Å²) >= 11 is 0. The Balaban J connectivity index is 2.64. The van der Waals surface area contributed by atoms with Crippen molar-refractivity contribution in [2.24, 2.45) is 5.73 Å². The van der Waals surface area contributed by atoms with Crippen LogP contribution in [0.4, 0.5) is 4.39 Å². The van der Waals surface area contributed by atoms with Crippen LogP contribution in [0.3, 0.4) is 0 Å². The average molecular weight is 268 g/mol. The molecule has 19 heavy (non-hydrogen) atoms. The monoisotopic (exact) mass is 268 g/mol. The Hall–Kier alpha value is -1.62. The molecule has 1 rings (SSSR count). The van der Waals surface area contributed by atoms with E-state index >= 15 is 0 Å². The summed E-state index contributed by atoms with van der Waals surface area (Å²) in [5.41, 5.74) is 6.39. The predicted molar refractivity (Wildman–Crippen MR) is 72.5 cm³/mol. The molecule has 0 spiro atoms. The normalized spacial score (nSPS) is 12.0. The molecule has 0 aliphatic heterocycles. The zero-order valence-corrected chi connectivity index (χ0v) is 11.4. The number of nitrogens with two attached hydrogens (primary N) is 1. The molecule has 0 saturated heterocycles. The second-order valence-corrected chi connectivity index (χ2v) is 4.57. The number of hydrogen-bond acceptors (Lipinski definition) is 3. The van der Waals surface area contributed by atoms with E-state index in [0.29, 0.717) is 24.3 Å². The molecule has 0 radical (unpaired) electrons. The van der Waals surface area contributed by atoms with Gasteiger partial charge in [0.2, 0.25) is 0 Å². The van der Waals surface area contributed by atoms with E-state index in [4.69, 9.17) is 10.5 Å². The van der Waals surface area contributed by atoms with Crippen LogP contribution in [0.2, 0.25) is 0 Å². The van der Waals surface area contributed by atoms with E-state index < -0.39 is 0 Å². The van der Waals surface area contributed by atoms with E-state index in [9.17, 15) is 9.18 Å². The number of carbonyl (C=O) groups excluding carboxylic acids is 1. The zero-order chi connectivity index (χ0) is 14.3. The highest BCUT2D eigenvalue weighted by molar-refractivity contribution is 5.77. The second-order valence-electron chi connectivity index (χ2n) is 4.57. The highest BCUT2D eigenvalue weighted by Crippen LogP contribution is 2.21. The molecule has 0 fully saturated rings. The topological polar surface area (TPSA) is 64.3 Å². The molecule has 0 aliphatic rings. The Morgan fingerprint density at radius 3 is 2.89 bits per heavy atom. The van der Waals surface area contributed by atoms with Crippen LogP contribution in [0, 0.1) is 5.82 Å². The molecule has 1 aromatic rings. The number of hydrogen-bond donors (Lipinski definition) is 2. The zero-order valence-electron chi connectivity index (χ0n) is 11.4. The van der Waals surface area contributed by atoms with Gasteiger partial charge >= 0.3 is 0 Å². The maximum Gasteiger partial charge on any atom is 0.257 e. The molecule has 1 unspecified atom stereocenters. The minimum absolute atomic E-state index is 0.0718. The van der Waals surface area contributed by atoms with Gasteiger partial charge in [0, 0.05) is 12.6 Å². The van der Waals surface area contributed by atoms with Gasteiger partial charge in [-0.05, 0) is 43.5 Å². The fraction of sp³-hybridized carbons (Fsp3) is 0.500. The van der Waals surface area contributed by atoms with Crippen LogP contribution in [-0.2, 0) is 11.2 Å². The largest absolute Gasteiger partial charge is 0.483 e. The van der Waals surface area contributed by atoms with Crippen molar-refractivity contribution in [3.05, 3.63) is 29.6 Å². The summed E-state index contributed by atoms with van der Waals surface area (Å²) in [6.07, 6.45) is 1.38. The number of ether oxygens (including phenoxy) is 1. The van der Waals surface area contributed by atoms with Gasteiger partial charge in [0.15, 0.2) is 6.61 Å². The maximum absolute atomic E-state index is 13.2. The number of amides is 1. The first-order valence-electron chi connectivity index (χ1n) is 6.46. The van der Waals surface area contributed by atoms with Gasteiger partial charge in [0.1, 0.15) is 11.6 Å². The van der Waals surface area contributed by atoms with E-state index in [1.165, 1.54) is 18.2 Å². The summed E-state index contributed by atoms with van der Waals surface area (Å²) in [4.78, 5) is 11.4. The summed E-state index contributed by atoms with van der Waals surface area (Å²) in [7, 11) is 0. The summed E-state index contributed by atoms with van der Waals surface area (Å²) < 4.78 is 18.6. The van der Waals surface area contributed by atoms with Crippen LogP contribution in [0.15, 0.2) is 18.2 Å². The molecule has 1 atom stereocenters. The van der Waals surface area contributed by atoms with Crippen molar-refractivity contribution < 1.29 is 13.9 Å². The number of carbonyl (C=O) groups is 1. The fourth-order valence-electron chi connectivity index (χ4n) is 1.65. The molecular weight excluding hydrogens is 247 g/mol. The molecule has 1 amide bonds. The number of nitrogens with one attached hydrogen (secondary N) is 1. The van der Waals surface area contributed by atoms with Crippen molar-refractivity contribution >= 4 is 5.91 Å². The lowest BCUT2D eigenvalue weighted by molar-refractivity contribution is -0.123. The van der Waals surface area contributed by atoms with Gasteiger partial charge in [0.25, 0.3) is 5.91 Å². The number of rotatable bonds is 7. The van der Waals surface area contributed by atoms with Gasteiger partial charge in [-0.2, -0.15) is 0 Å². The molecule has 0 aliphatic carbocycles. The quantitative estimate of drug-likeness (QED) is 0.790. The van der Waals surface area contributed by atoms with Gasteiger partial charge in [-0.3, -0.25) is 4.79 Å². The van der Waals surface area contributed by atoms with Crippen LogP contribution < -0.4 is 15.8 Å². The average Bonchev–Trinajstić information content (AvgIpc) is 2.34. The van der Waals surface area contributed by atoms with E-state index in [2.05, 4.69) is 5.32 Å². The maximum atomic E-state index is 13.2. The molecule has 5 heteroatoms. The van der Waals surface area contributed by atoms with Crippen molar-refractivity contribution in [1.29, 1.82) is 0 Å². The molecule has 1 aromatic carbocycles. The molecular formula is C14H21FN2O2. The summed E-state index contributed by atoms with van der Waals surface area (Å²) in [6.45, 7) is 4.36. The van der Waals surface area contributed by atoms with E-state index in [1.54, 1.807) is 0 Å². The number of halogens is 1. The minimum Gasteiger partial charge on any atom is -0.483 e. The van der Waals surface area contributed by atoms with Crippen LogP contribution in [0.5, 0.6) is 5.75 Å². The van der Waals surface area contributed by atoms with Crippen molar-refractivity contribution in [3.8, 4) is 5.75 Å². The first-order valence-corrected chi connectivity index (χ1v) is 6.46. The third-order valence-corrected chi connectivity index (χ3v) is 2.50. The summed E-state index contributed by atoms with van der Waals surface area (Å²) in [5.74, 6) is -0.0123. The van der Waals surface area contributed by atoms with E-state index in [0.717, 1.165) is 6.42 Å². The Morgan fingerprint density at radius 2 is 2.26 bits per heavy atom. The van der Waals surface area contributed by atoms with Gasteiger partial charge < -0.3 is 15.8 Å². The van der Waals surface area contributed by atoms with Gasteiger partial charge in [-0.25, -0.2) is 4.39 Å². The smallest absolute Gasteiger partial charge is 0.257 e. The standard InChI is InChI=1S/C14H21FN2O2/c1-3-6-17-14(18)9-19-13-5-4-12(15)8-11(13)7-10(2)16/h4-5,8,10H,3,6-7,9,16H2,1-2H3,(H,17,18). The lowest BCUT2D eigenvalue weighted by Crippen LogP contribution is -2.29. The second kappa shape index (κ2) is 7.74. The van der Waals surface area contributed by atoms with E-state index in [-0.39, 0.29) is 24.4 Å². The first kappa shape index (κ1) is 15.4. The molecule has 106 valence electrons. The highest BCUT2D eigenvalue weighted by Gasteiger charge is 2.09. The van der Waals surface area contributed by atoms with Crippen LogP contribution in [0.25, 0.3) is 0 Å². The van der Waals surface area contributed by atoms with Gasteiger partial charge in [-0.15, -0.1) is 0 Å². The van der Waals surface area contributed by atoms with Crippen LogP contribution in [0.1, 0.15) is 25.8 Å². The SMILES string of the molecule is CCCNC(=O)COc1ccc(F)cc1CC(C)N. The van der Waals surface area contributed by atoms with Crippen LogP contribution in [-0.4, -0.2) is 25.1 Å². The van der Waals surface area contributed by atoms with Crippen molar-refractivity contribution in [1.82, 2.24) is 5.32 Å². The lowest BCUT2D eigenvalue weighted by atomic mass is 10.1. The fourth-order valence-corrected chi connectivity index (χ4v) is 1.65. The highest BCUT2D eigenvalue weighted by atomic mass is 19.1. The molecule has 3 N–H and O–H groups in total. The van der Waals surface area contributed by atoms with Crippen molar-refractivity contribution in [2.45, 2.75) is 32.7 Å². The third kappa shape index (κ3) is 5.70. The molecule has 0 aromatic heterocycles. The Kier molecular flexibility index (Phi) is 6.29. The number of benzene rings is 1. The molecule has 0 saturated carbocycles. The van der Waals surface area contributed by atoms with Crippen LogP contribution >= 0.6 is 0 Å². The molecule has 4 nitrogen and oxygen atoms in total. The predicted octanol–water partition coefficient (Wildman–Crippen LogP) is 1.62. The van der Waals surface area contributed by atoms with Crippen molar-refractivity contribution in [3.63, 3.8) is 0 Å². The Labute approximate surface area is 113 Å². The van der Waals surface area contributed by atoms with Gasteiger partial charge in [-0.1, -0.05) is 6.92 Å². The first-order chi connectivity index (χ1) is 9.02. The summed E-state index contributed by atoms with van der Waals surface area (Å²) in [6, 6.07) is 4.13. The Morgan fingerprint density at radius 1 is 1.53 bits per heavy atom. The van der Waals surface area contributed by atoms with Crippen molar-refractivity contribution in [2.75, 3.05) is 13.2 Å². The minimum atomic E-state index is -0.335.